The highest BCUT2D eigenvalue weighted by atomic mass is 35.5. The molecular weight excluding hydrogens is 2080 g/mol. The van der Waals surface area contributed by atoms with Crippen molar-refractivity contribution in [3.8, 4) is 33.9 Å². The summed E-state index contributed by atoms with van der Waals surface area (Å²) in [5, 5.41) is 17.9. The number of hydrogen-bond acceptors (Lipinski definition) is 24. The number of halogens is 8. The number of carbonyl (C=O) groups is 4. The number of carbonyl (C=O) groups excluding carboxylic acids is 4. The fourth-order valence-electron chi connectivity index (χ4n) is 14.5. The number of fused-ring (bicyclic) bond motifs is 8. The molecule has 694 valence electrons. The van der Waals surface area contributed by atoms with E-state index >= 15 is 0 Å². The summed E-state index contributed by atoms with van der Waals surface area (Å²) in [7, 11) is -14.3. The van der Waals surface area contributed by atoms with E-state index in [1.54, 1.807) is 88.3 Å². The lowest BCUT2D eigenvalue weighted by Crippen LogP contribution is -2.34. The van der Waals surface area contributed by atoms with Gasteiger partial charge in [-0.2, -0.15) is 0 Å². The molecule has 0 radical (unpaired) electrons. The van der Waals surface area contributed by atoms with Crippen molar-refractivity contribution < 1.29 is 57.3 Å². The van der Waals surface area contributed by atoms with E-state index in [-0.39, 0.29) is 99.3 Å². The van der Waals surface area contributed by atoms with Gasteiger partial charge in [0.2, 0.25) is 0 Å². The number of benzene rings is 8. The number of nitrogens with one attached hydrogen (secondary N) is 9. The first-order valence-electron chi connectivity index (χ1n) is 39.3. The highest BCUT2D eigenvalue weighted by Gasteiger charge is 2.30. The molecule has 0 bridgehead atoms. The molecule has 0 saturated carbocycles. The third kappa shape index (κ3) is 21.4. The maximum Gasteiger partial charge on any atom is 0.333 e. The van der Waals surface area contributed by atoms with Crippen LogP contribution in [0.2, 0.25) is 37.4 Å². The molecule has 0 aliphatic carbocycles. The van der Waals surface area contributed by atoms with Crippen molar-refractivity contribution in [2.75, 3.05) is 28.3 Å². The number of oxazole rings is 1. The van der Waals surface area contributed by atoms with Crippen molar-refractivity contribution in [3.05, 3.63) is 351 Å². The van der Waals surface area contributed by atoms with Crippen LogP contribution in [-0.2, 0) is 66.3 Å². The van der Waals surface area contributed by atoms with Gasteiger partial charge < -0.3 is 31.0 Å². The van der Waals surface area contributed by atoms with Gasteiger partial charge in [0.15, 0.2) is 12.0 Å². The fourth-order valence-corrected chi connectivity index (χ4v) is 25.1. The number of aromatic nitrogens is 5. The van der Waals surface area contributed by atoms with E-state index in [0.29, 0.717) is 81.6 Å². The van der Waals surface area contributed by atoms with Crippen molar-refractivity contribution in [2.45, 2.75) is 43.0 Å². The molecule has 32 nitrogen and oxygen atoms in total. The van der Waals surface area contributed by atoms with Crippen LogP contribution in [0.25, 0.3) is 77.3 Å². The van der Waals surface area contributed by atoms with Gasteiger partial charge in [0.1, 0.15) is 22.4 Å². The lowest BCUT2D eigenvalue weighted by Gasteiger charge is -2.16. The quantitative estimate of drug-likeness (QED) is 0.0409. The van der Waals surface area contributed by atoms with Crippen molar-refractivity contribution in [3.63, 3.8) is 0 Å². The zero-order chi connectivity index (χ0) is 96.6. The van der Waals surface area contributed by atoms with Gasteiger partial charge in [0.05, 0.1) is 65.6 Å². The van der Waals surface area contributed by atoms with E-state index in [4.69, 9.17) is 97.2 Å². The molecule has 8 amide bonds. The average molecular weight is 2140 g/mol. The summed E-state index contributed by atoms with van der Waals surface area (Å²) in [6.07, 6.45) is 4.56. The van der Waals surface area contributed by atoms with Crippen molar-refractivity contribution >= 4 is 269 Å². The lowest BCUT2D eigenvalue weighted by atomic mass is 10.0. The molecule has 17 aromatic rings. The van der Waals surface area contributed by atoms with E-state index in [2.05, 4.69) is 36.5 Å². The third-order valence-electron chi connectivity index (χ3n) is 20.4. The maximum absolute atomic E-state index is 13.4. The molecule has 0 fully saturated rings. The van der Waals surface area contributed by atoms with E-state index in [0.717, 1.165) is 89.8 Å². The second-order valence-corrected chi connectivity index (χ2v) is 45.5. The van der Waals surface area contributed by atoms with E-state index < -0.39 is 64.2 Å². The highest BCUT2D eigenvalue weighted by Crippen LogP contribution is 2.38. The topological polar surface area (TPSA) is 430 Å². The van der Waals surface area contributed by atoms with Crippen LogP contribution >= 0.6 is 138 Å². The van der Waals surface area contributed by atoms with Crippen molar-refractivity contribution in [1.82, 2.24) is 52.4 Å². The van der Waals surface area contributed by atoms with Crippen LogP contribution in [0.3, 0.4) is 0 Å². The zero-order valence-corrected chi connectivity index (χ0v) is 81.5. The summed E-state index contributed by atoms with van der Waals surface area (Å²) in [4.78, 5) is 108. The van der Waals surface area contributed by atoms with Gasteiger partial charge in [-0.15, -0.1) is 45.3 Å². The number of anilines is 4. The monoisotopic (exact) mass is 2130 g/mol. The Hall–Kier alpha value is -12.3. The smallest absolute Gasteiger partial charge is 0.333 e. The number of nitrogens with zero attached hydrogens (tertiary/aromatic N) is 6. The summed E-state index contributed by atoms with van der Waals surface area (Å²) in [6, 6.07) is 58.0. The Morgan fingerprint density at radius 3 is 1.20 bits per heavy atom. The van der Waals surface area contributed by atoms with Gasteiger partial charge in [0, 0.05) is 89.5 Å². The second kappa shape index (κ2) is 40.2. The normalized spacial score (nSPS) is 12.4. The van der Waals surface area contributed by atoms with Crippen LogP contribution in [-0.4, -0.2) is 93.0 Å². The van der Waals surface area contributed by atoms with Crippen LogP contribution in [0.4, 0.5) is 41.9 Å². The molecule has 11 heterocycles. The summed E-state index contributed by atoms with van der Waals surface area (Å²) < 4.78 is 118. The second-order valence-electron chi connectivity index (χ2n) is 29.4. The van der Waals surface area contributed by atoms with Gasteiger partial charge in [-0.1, -0.05) is 160 Å². The van der Waals surface area contributed by atoms with Gasteiger partial charge in [0.25, 0.3) is 62.3 Å². The molecule has 9 N–H and O–H groups in total. The highest BCUT2D eigenvalue weighted by molar-refractivity contribution is 7.93. The van der Waals surface area contributed by atoms with Gasteiger partial charge in [-0.05, 0) is 203 Å². The molecule has 2 aliphatic heterocycles. The van der Waals surface area contributed by atoms with Crippen molar-refractivity contribution in [1.29, 1.82) is 0 Å². The van der Waals surface area contributed by atoms with Crippen LogP contribution in [0.5, 0.6) is 0 Å². The lowest BCUT2D eigenvalue weighted by molar-refractivity contribution is 0.255. The first-order chi connectivity index (χ1) is 64.8. The average Bonchev–Trinajstić information content (AvgIpc) is 1.44. The Morgan fingerprint density at radius 2 is 0.779 bits per heavy atom. The minimum absolute atomic E-state index is 0.0828. The fraction of sp³-hybridized carbons (Fsp3) is 0.0568. The zero-order valence-electron chi connectivity index (χ0n) is 68.9. The van der Waals surface area contributed by atoms with Gasteiger partial charge in [-0.3, -0.25) is 42.3 Å². The molecule has 0 spiro atoms. The molecule has 0 saturated heterocycles. The minimum atomic E-state index is -4.08. The Balaban J connectivity index is 0.000000132. The van der Waals surface area contributed by atoms with Crippen LogP contribution in [0, 0.1) is 0 Å². The van der Waals surface area contributed by atoms with Crippen LogP contribution in [0.1, 0.15) is 22.5 Å². The molecule has 48 heteroatoms. The van der Waals surface area contributed by atoms with E-state index in [1.165, 1.54) is 113 Å². The number of rotatable bonds is 17. The molecular formula is C88H61Cl8N15O17S8. The Morgan fingerprint density at radius 1 is 0.382 bits per heavy atom. The Labute approximate surface area is 826 Å². The molecule has 9 aromatic heterocycles. The van der Waals surface area contributed by atoms with Crippen LogP contribution in [0.15, 0.2) is 290 Å². The van der Waals surface area contributed by atoms with E-state index in [9.17, 15) is 72.0 Å². The molecule has 2 aliphatic rings. The summed E-state index contributed by atoms with van der Waals surface area (Å²) >= 11 is 52.3. The molecule has 8 aromatic carbocycles. The first-order valence-corrected chi connectivity index (χ1v) is 51.5. The summed E-state index contributed by atoms with van der Waals surface area (Å²) in [5.41, 5.74) is 8.39. The minimum Gasteiger partial charge on any atom is -0.443 e. The van der Waals surface area contributed by atoms with Crippen molar-refractivity contribution in [2.24, 2.45) is 0 Å². The summed E-state index contributed by atoms with van der Waals surface area (Å²) in [6.45, 7) is 2.44. The maximum atomic E-state index is 13.4. The van der Waals surface area contributed by atoms with Gasteiger partial charge in [-0.25, -0.2) is 76.7 Å². The predicted octanol–water partition coefficient (Wildman–Crippen LogP) is 19.7. The number of amides is 8. The molecule has 19 rings (SSSR count). The number of thiophene rings is 4. The predicted molar refractivity (Wildman–Crippen MR) is 534 cm³/mol. The third-order valence-corrected chi connectivity index (χ3v) is 33.8. The van der Waals surface area contributed by atoms with Crippen LogP contribution < -0.4 is 67.7 Å². The Bertz CT molecular complexity index is 8510. The molecule has 136 heavy (non-hydrogen) atoms. The van der Waals surface area contributed by atoms with Gasteiger partial charge >= 0.3 is 24.1 Å². The molecule has 0 atom stereocenters. The largest absolute Gasteiger partial charge is 0.443 e. The standard InChI is InChI=1S/C23H18Cl2N4O4S2.C22H16Cl2N4O4S2.C22H15Cl2N3O4S2.C21H12Cl2N4O5S2/c1-28-11-16-14-4-2-3-5-15(14)22(30)29(19(16)12-28)18-7-6-13(10-17(18)24)26-23(31)27-35(32,33)21-9-8-20(25)34-21;23-16-9-12(26-22(30)27-34(31,32)20-8-7-19(24)33-20)5-6-17(16)28-18-11-25-10-15(18)13-3-1-2-4-14(13)21(28)29;23-17-12-16(25-22(29)26-33(30,31)21-11-9-19(24)32-21)7-8-18(17)27-13-15(6-10-20(27)28)14-4-2-1-3-5-14;22-14-8-12(25-21(29)26-34(30,31)19-4-3-18(23)33-19)1-2-16(14)27-6-5-11-7-15-17(32-10-24-15)9-13(11)20(27)28/h2-10H,11-12H2,1H3,(H2,26,27,31);1-9,25H,10-11H2,(H2,26,27,30);1-13H,(H2,25,26,29);1-10H,(H2,25,26,29). The number of sulfonamides is 4. The first kappa shape index (κ1) is 96.8. The number of pyridine rings is 4. The van der Waals surface area contributed by atoms with E-state index in [1.807, 2.05) is 92.7 Å². The number of hydrogen-bond donors (Lipinski definition) is 9. The Kier molecular flexibility index (Phi) is 28.6. The molecule has 0 unspecified atom stereocenters. The number of urea groups is 4. The summed E-state index contributed by atoms with van der Waals surface area (Å²) in [5.74, 6) is 0. The SMILES string of the molecule is CN1Cc2c(n(-c3ccc(NC(=O)NS(=O)(=O)c4ccc(Cl)s4)cc3Cl)c(=O)c3ccccc23)C1.O=C(Nc1ccc(-n2c3c(c4ccccc4c2=O)CNC3)c(Cl)c1)NS(=O)(=O)c1ccc(Cl)s1.O=C(Nc1ccc(-n2cc(-c3ccccc3)ccc2=O)c(Cl)c1)NS(=O)(=O)c1ccc(Cl)s1.O=C(Nc1ccc(-n2ccc3cc4ncoc4cc3c2=O)c(Cl)c1)NS(=O)(=O)c1ccc(Cl)s1.